The maximum absolute atomic E-state index is 13.2. The summed E-state index contributed by atoms with van der Waals surface area (Å²) >= 11 is 5.60. The lowest BCUT2D eigenvalue weighted by Crippen LogP contribution is -2.08. The normalized spacial score (nSPS) is 12.3. The minimum atomic E-state index is -1.00. The zero-order valence-corrected chi connectivity index (χ0v) is 9.01. The second kappa shape index (κ2) is 4.49. The number of hydrogen-bond donors (Lipinski definition) is 1. The van der Waals surface area contributed by atoms with E-state index in [0.29, 0.717) is 5.56 Å². The molecule has 0 bridgehead atoms. The highest BCUT2D eigenvalue weighted by Gasteiger charge is 2.18. The van der Waals surface area contributed by atoms with Crippen LogP contribution < -0.4 is 4.74 Å². The van der Waals surface area contributed by atoms with E-state index in [4.69, 9.17) is 21.4 Å². The van der Waals surface area contributed by atoms with Crippen LogP contribution in [0.15, 0.2) is 12.1 Å². The van der Waals surface area contributed by atoms with Crippen molar-refractivity contribution in [3.63, 3.8) is 0 Å². The second-order valence-corrected chi connectivity index (χ2v) is 3.49. The lowest BCUT2D eigenvalue weighted by molar-refractivity contribution is -0.138. The number of halogens is 2. The molecule has 1 rings (SSSR count). The van der Waals surface area contributed by atoms with Crippen LogP contribution in [0.2, 0.25) is 5.02 Å². The summed E-state index contributed by atoms with van der Waals surface area (Å²) in [6.45, 7) is 1.49. The van der Waals surface area contributed by atoms with Crippen molar-refractivity contribution in [2.45, 2.75) is 12.8 Å². The van der Waals surface area contributed by atoms with E-state index in [1.54, 1.807) is 0 Å². The van der Waals surface area contributed by atoms with Crippen LogP contribution in [0, 0.1) is 5.82 Å². The number of ether oxygens (including phenoxy) is 1. The van der Waals surface area contributed by atoms with Gasteiger partial charge in [0.25, 0.3) is 0 Å². The lowest BCUT2D eigenvalue weighted by Gasteiger charge is -2.10. The van der Waals surface area contributed by atoms with E-state index in [1.807, 2.05) is 0 Å². The Hall–Kier alpha value is -1.29. The molecule has 0 aromatic heterocycles. The quantitative estimate of drug-likeness (QED) is 0.872. The Bertz CT molecular complexity index is 392. The van der Waals surface area contributed by atoms with E-state index >= 15 is 0 Å². The number of methoxy groups -OCH3 is 1. The molecule has 1 atom stereocenters. The van der Waals surface area contributed by atoms with Crippen LogP contribution in [0.1, 0.15) is 18.4 Å². The van der Waals surface area contributed by atoms with Gasteiger partial charge in [-0.15, -0.1) is 0 Å². The Kier molecular flexibility index (Phi) is 3.52. The summed E-state index contributed by atoms with van der Waals surface area (Å²) in [5.74, 6) is -2.48. The molecule has 82 valence electrons. The standard InChI is InChI=1S/C10H10ClFO3/c1-5(10(13)14)6-3-7(11)9(12)8(4-6)15-2/h3-5H,1-2H3,(H,13,14). The zero-order valence-electron chi connectivity index (χ0n) is 8.25. The Labute approximate surface area is 91.4 Å². The van der Waals surface area contributed by atoms with Crippen molar-refractivity contribution in [3.8, 4) is 5.75 Å². The number of rotatable bonds is 3. The smallest absolute Gasteiger partial charge is 0.310 e. The number of aliphatic carboxylic acids is 1. The first kappa shape index (κ1) is 11.8. The van der Waals surface area contributed by atoms with Gasteiger partial charge in [0, 0.05) is 0 Å². The van der Waals surface area contributed by atoms with Gasteiger partial charge in [0.1, 0.15) is 0 Å². The predicted octanol–water partition coefficient (Wildman–Crippen LogP) is 2.68. The molecule has 0 saturated heterocycles. The fraction of sp³-hybridized carbons (Fsp3) is 0.300. The van der Waals surface area contributed by atoms with E-state index in [-0.39, 0.29) is 10.8 Å². The summed E-state index contributed by atoms with van der Waals surface area (Å²) < 4.78 is 18.0. The van der Waals surface area contributed by atoms with Crippen LogP contribution in [0.25, 0.3) is 0 Å². The Morgan fingerprint density at radius 1 is 1.60 bits per heavy atom. The molecule has 1 aromatic rings. The maximum Gasteiger partial charge on any atom is 0.310 e. The molecule has 1 N–H and O–H groups in total. The van der Waals surface area contributed by atoms with Gasteiger partial charge in [0.15, 0.2) is 11.6 Å². The Balaban J connectivity index is 3.22. The molecule has 1 aromatic carbocycles. The van der Waals surface area contributed by atoms with E-state index in [9.17, 15) is 9.18 Å². The van der Waals surface area contributed by atoms with E-state index < -0.39 is 17.7 Å². The molecule has 0 amide bonds. The number of carbonyl (C=O) groups is 1. The molecule has 0 fully saturated rings. The van der Waals surface area contributed by atoms with Gasteiger partial charge >= 0.3 is 5.97 Å². The van der Waals surface area contributed by atoms with Crippen LogP contribution in [0.5, 0.6) is 5.75 Å². The number of carboxylic acid groups (broad SMARTS) is 1. The highest BCUT2D eigenvalue weighted by Crippen LogP contribution is 2.30. The van der Waals surface area contributed by atoms with Gasteiger partial charge in [-0.05, 0) is 24.6 Å². The molecule has 1 unspecified atom stereocenters. The molecule has 5 heteroatoms. The third kappa shape index (κ3) is 2.39. The van der Waals surface area contributed by atoms with E-state index in [1.165, 1.54) is 26.2 Å². The van der Waals surface area contributed by atoms with Crippen molar-refractivity contribution in [1.82, 2.24) is 0 Å². The first-order valence-corrected chi connectivity index (χ1v) is 4.61. The van der Waals surface area contributed by atoms with Crippen molar-refractivity contribution in [1.29, 1.82) is 0 Å². The summed E-state index contributed by atoms with van der Waals surface area (Å²) in [7, 11) is 1.30. The molecular formula is C10H10ClFO3. The highest BCUT2D eigenvalue weighted by molar-refractivity contribution is 6.31. The van der Waals surface area contributed by atoms with Gasteiger partial charge in [-0.25, -0.2) is 4.39 Å². The fourth-order valence-corrected chi connectivity index (χ4v) is 1.34. The first-order valence-electron chi connectivity index (χ1n) is 4.23. The number of carboxylic acids is 1. The molecule has 0 radical (unpaired) electrons. The van der Waals surface area contributed by atoms with Crippen molar-refractivity contribution in [2.24, 2.45) is 0 Å². The first-order chi connectivity index (χ1) is 6.97. The van der Waals surface area contributed by atoms with E-state index in [0.717, 1.165) is 0 Å². The van der Waals surface area contributed by atoms with Gasteiger partial charge in [0.2, 0.25) is 0 Å². The summed E-state index contributed by atoms with van der Waals surface area (Å²) in [6.07, 6.45) is 0. The molecule has 0 spiro atoms. The number of benzene rings is 1. The topological polar surface area (TPSA) is 46.5 Å². The van der Waals surface area contributed by atoms with Gasteiger partial charge in [-0.3, -0.25) is 4.79 Å². The predicted molar refractivity (Wildman–Crippen MR) is 54.0 cm³/mol. The largest absolute Gasteiger partial charge is 0.494 e. The SMILES string of the molecule is COc1cc(C(C)C(=O)O)cc(Cl)c1F. The lowest BCUT2D eigenvalue weighted by atomic mass is 10.0. The average Bonchev–Trinajstić information content (AvgIpc) is 2.20. The maximum atomic E-state index is 13.2. The molecule has 15 heavy (non-hydrogen) atoms. The van der Waals surface area contributed by atoms with Crippen LogP contribution in [-0.2, 0) is 4.79 Å². The summed E-state index contributed by atoms with van der Waals surface area (Å²) in [4.78, 5) is 10.7. The third-order valence-electron chi connectivity index (χ3n) is 2.11. The molecule has 3 nitrogen and oxygen atoms in total. The van der Waals surface area contributed by atoms with Gasteiger partial charge in [0.05, 0.1) is 18.1 Å². The minimum Gasteiger partial charge on any atom is -0.494 e. The van der Waals surface area contributed by atoms with Crippen LogP contribution >= 0.6 is 11.6 Å². The minimum absolute atomic E-state index is 0.0504. The van der Waals surface area contributed by atoms with Crippen LogP contribution in [-0.4, -0.2) is 18.2 Å². The second-order valence-electron chi connectivity index (χ2n) is 3.08. The highest BCUT2D eigenvalue weighted by atomic mass is 35.5. The molecule has 0 aliphatic heterocycles. The average molecular weight is 233 g/mol. The Morgan fingerprint density at radius 2 is 2.20 bits per heavy atom. The van der Waals surface area contributed by atoms with E-state index in [2.05, 4.69) is 0 Å². The van der Waals surface area contributed by atoms with Crippen LogP contribution in [0.4, 0.5) is 4.39 Å². The molecule has 0 heterocycles. The van der Waals surface area contributed by atoms with Crippen molar-refractivity contribution in [2.75, 3.05) is 7.11 Å². The van der Waals surface area contributed by atoms with Crippen LogP contribution in [0.3, 0.4) is 0 Å². The van der Waals surface area contributed by atoms with Crippen molar-refractivity contribution >= 4 is 17.6 Å². The summed E-state index contributed by atoms with van der Waals surface area (Å²) in [5.41, 5.74) is 0.408. The van der Waals surface area contributed by atoms with Gasteiger partial charge in [-0.1, -0.05) is 11.6 Å². The monoisotopic (exact) mass is 232 g/mol. The zero-order chi connectivity index (χ0) is 11.6. The third-order valence-corrected chi connectivity index (χ3v) is 2.38. The van der Waals surface area contributed by atoms with Crippen molar-refractivity contribution < 1.29 is 19.0 Å². The molecule has 0 saturated carbocycles. The van der Waals surface area contributed by atoms with Gasteiger partial charge in [-0.2, -0.15) is 0 Å². The fourth-order valence-electron chi connectivity index (χ4n) is 1.12. The number of hydrogen-bond acceptors (Lipinski definition) is 2. The summed E-state index contributed by atoms with van der Waals surface area (Å²) in [5, 5.41) is 8.64. The molecule has 0 aliphatic carbocycles. The van der Waals surface area contributed by atoms with Gasteiger partial charge < -0.3 is 9.84 Å². The van der Waals surface area contributed by atoms with Crippen molar-refractivity contribution in [3.05, 3.63) is 28.5 Å². The summed E-state index contributed by atoms with van der Waals surface area (Å²) in [6, 6.07) is 2.62. The molecule has 0 aliphatic rings. The molecular weight excluding hydrogens is 223 g/mol. The Morgan fingerprint density at radius 3 is 2.67 bits per heavy atom.